The van der Waals surface area contributed by atoms with Crippen molar-refractivity contribution in [1.82, 2.24) is 4.98 Å². The van der Waals surface area contributed by atoms with E-state index in [4.69, 9.17) is 9.15 Å². The van der Waals surface area contributed by atoms with Gasteiger partial charge in [-0.15, -0.1) is 0 Å². The topological polar surface area (TPSA) is 52.3 Å². The van der Waals surface area contributed by atoms with Crippen molar-refractivity contribution >= 4 is 21.9 Å². The first-order chi connectivity index (χ1) is 9.04. The van der Waals surface area contributed by atoms with E-state index in [1.54, 1.807) is 13.8 Å². The number of benzene rings is 1. The van der Waals surface area contributed by atoms with Crippen molar-refractivity contribution < 1.29 is 13.9 Å². The Labute approximate surface area is 119 Å². The molecule has 1 aromatic heterocycles. The minimum absolute atomic E-state index is 0.163. The average Bonchev–Trinajstić information content (AvgIpc) is 2.75. The molecule has 19 heavy (non-hydrogen) atoms. The van der Waals surface area contributed by atoms with Crippen LogP contribution in [0.3, 0.4) is 0 Å². The van der Waals surface area contributed by atoms with Gasteiger partial charge in [0.2, 0.25) is 11.7 Å². The van der Waals surface area contributed by atoms with Crippen LogP contribution in [0, 0.1) is 13.8 Å². The van der Waals surface area contributed by atoms with Crippen molar-refractivity contribution in [3.63, 3.8) is 0 Å². The van der Waals surface area contributed by atoms with Crippen LogP contribution in [0.4, 0.5) is 0 Å². The molecule has 0 spiro atoms. The number of nitrogens with zero attached hydrogens (tertiary/aromatic N) is 1. The van der Waals surface area contributed by atoms with Crippen LogP contribution < -0.4 is 0 Å². The number of oxazole rings is 1. The summed E-state index contributed by atoms with van der Waals surface area (Å²) in [6.07, 6.45) is 0. The maximum Gasteiger partial charge on any atom is 0.376 e. The van der Waals surface area contributed by atoms with Gasteiger partial charge in [-0.05, 0) is 38.5 Å². The first kappa shape index (κ1) is 13.8. The molecule has 1 aromatic carbocycles. The van der Waals surface area contributed by atoms with Crippen molar-refractivity contribution in [3.05, 3.63) is 39.7 Å². The molecule has 0 amide bonds. The molecule has 0 saturated carbocycles. The maximum absolute atomic E-state index is 11.7. The number of ether oxygens (including phenoxy) is 1. The lowest BCUT2D eigenvalue weighted by atomic mass is 10.1. The Morgan fingerprint density at radius 3 is 2.84 bits per heavy atom. The first-order valence-corrected chi connectivity index (χ1v) is 6.74. The zero-order valence-electron chi connectivity index (χ0n) is 11.0. The first-order valence-electron chi connectivity index (χ1n) is 5.94. The molecule has 0 atom stereocenters. The number of carbonyl (C=O) groups excluding carboxylic acids is 1. The lowest BCUT2D eigenvalue weighted by molar-refractivity contribution is 0.0490. The summed E-state index contributed by atoms with van der Waals surface area (Å²) in [7, 11) is 0. The summed E-state index contributed by atoms with van der Waals surface area (Å²) in [6, 6.07) is 5.75. The van der Waals surface area contributed by atoms with Crippen molar-refractivity contribution in [2.24, 2.45) is 0 Å². The van der Waals surface area contributed by atoms with E-state index < -0.39 is 5.97 Å². The van der Waals surface area contributed by atoms with Gasteiger partial charge in [-0.25, -0.2) is 9.78 Å². The molecule has 4 nitrogen and oxygen atoms in total. The van der Waals surface area contributed by atoms with E-state index >= 15 is 0 Å². The molecule has 0 N–H and O–H groups in total. The fourth-order valence-electron chi connectivity index (χ4n) is 1.74. The third-order valence-corrected chi connectivity index (χ3v) is 3.61. The molecule has 1 heterocycles. The Bertz CT molecular complexity index is 619. The quantitative estimate of drug-likeness (QED) is 0.804. The van der Waals surface area contributed by atoms with Crippen LogP contribution in [0.5, 0.6) is 0 Å². The van der Waals surface area contributed by atoms with Crippen molar-refractivity contribution in [2.45, 2.75) is 20.8 Å². The summed E-state index contributed by atoms with van der Waals surface area (Å²) < 4.78 is 11.4. The van der Waals surface area contributed by atoms with Crippen LogP contribution in [0.1, 0.15) is 28.7 Å². The molecule has 0 fully saturated rings. The van der Waals surface area contributed by atoms with E-state index in [1.807, 2.05) is 25.1 Å². The van der Waals surface area contributed by atoms with Crippen LogP contribution in [-0.2, 0) is 4.74 Å². The molecule has 2 aromatic rings. The minimum Gasteiger partial charge on any atom is -0.460 e. The number of rotatable bonds is 3. The van der Waals surface area contributed by atoms with Gasteiger partial charge in [0.1, 0.15) is 0 Å². The van der Waals surface area contributed by atoms with Gasteiger partial charge in [-0.2, -0.15) is 0 Å². The molecular weight excluding hydrogens is 310 g/mol. The summed E-state index contributed by atoms with van der Waals surface area (Å²) >= 11 is 3.46. The van der Waals surface area contributed by atoms with Gasteiger partial charge in [0, 0.05) is 10.0 Å². The Kier molecular flexibility index (Phi) is 4.04. The molecule has 0 unspecified atom stereocenters. The standard InChI is InChI=1S/C14H14BrNO3/c1-4-18-14(17)12-9(3)16-13(19-12)10-6-5-7-11(15)8(10)2/h5-7H,4H2,1-3H3. The molecule has 0 aliphatic rings. The zero-order valence-corrected chi connectivity index (χ0v) is 12.6. The predicted molar refractivity (Wildman–Crippen MR) is 75.1 cm³/mol. The third-order valence-electron chi connectivity index (χ3n) is 2.76. The summed E-state index contributed by atoms with van der Waals surface area (Å²) in [4.78, 5) is 16.0. The van der Waals surface area contributed by atoms with Gasteiger partial charge in [-0.1, -0.05) is 22.0 Å². The third kappa shape index (κ3) is 2.71. The van der Waals surface area contributed by atoms with Gasteiger partial charge in [0.15, 0.2) is 0 Å². The highest BCUT2D eigenvalue weighted by Crippen LogP contribution is 2.29. The van der Waals surface area contributed by atoms with E-state index in [-0.39, 0.29) is 5.76 Å². The summed E-state index contributed by atoms with van der Waals surface area (Å²) in [5, 5.41) is 0. The van der Waals surface area contributed by atoms with E-state index in [2.05, 4.69) is 20.9 Å². The summed E-state index contributed by atoms with van der Waals surface area (Å²) in [5.41, 5.74) is 2.40. The second-order valence-electron chi connectivity index (χ2n) is 4.07. The normalized spacial score (nSPS) is 10.5. The molecule has 0 bridgehead atoms. The van der Waals surface area contributed by atoms with Crippen LogP contribution in [0.15, 0.2) is 27.1 Å². The summed E-state index contributed by atoms with van der Waals surface area (Å²) in [5.74, 6) is 0.113. The lowest BCUT2D eigenvalue weighted by Gasteiger charge is -2.03. The fraction of sp³-hybridized carbons (Fsp3) is 0.286. The number of aryl methyl sites for hydroxylation is 1. The molecule has 0 saturated heterocycles. The lowest BCUT2D eigenvalue weighted by Crippen LogP contribution is -2.04. The predicted octanol–water partition coefficient (Wildman–Crippen LogP) is 3.90. The van der Waals surface area contributed by atoms with Gasteiger partial charge < -0.3 is 9.15 Å². The highest BCUT2D eigenvalue weighted by Gasteiger charge is 2.20. The molecule has 0 aliphatic carbocycles. The Morgan fingerprint density at radius 2 is 2.16 bits per heavy atom. The number of esters is 1. The minimum atomic E-state index is -0.480. The van der Waals surface area contributed by atoms with Crippen molar-refractivity contribution in [3.8, 4) is 11.5 Å². The number of carbonyl (C=O) groups is 1. The molecule has 0 radical (unpaired) electrons. The van der Waals surface area contributed by atoms with Gasteiger partial charge in [0.25, 0.3) is 0 Å². The van der Waals surface area contributed by atoms with Crippen LogP contribution in [-0.4, -0.2) is 17.6 Å². The van der Waals surface area contributed by atoms with E-state index in [0.29, 0.717) is 18.2 Å². The molecule has 0 aliphatic heterocycles. The van der Waals surface area contributed by atoms with E-state index in [9.17, 15) is 4.79 Å². The molecule has 100 valence electrons. The van der Waals surface area contributed by atoms with E-state index in [0.717, 1.165) is 15.6 Å². The van der Waals surface area contributed by atoms with Crippen LogP contribution in [0.25, 0.3) is 11.5 Å². The van der Waals surface area contributed by atoms with Gasteiger partial charge in [0.05, 0.1) is 12.3 Å². The Balaban J connectivity index is 2.45. The van der Waals surface area contributed by atoms with E-state index in [1.165, 1.54) is 0 Å². The highest BCUT2D eigenvalue weighted by atomic mass is 79.9. The Hall–Kier alpha value is -1.62. The monoisotopic (exact) mass is 323 g/mol. The van der Waals surface area contributed by atoms with Gasteiger partial charge in [-0.3, -0.25) is 0 Å². The number of hydrogen-bond donors (Lipinski definition) is 0. The SMILES string of the molecule is CCOC(=O)c1oc(-c2cccc(Br)c2C)nc1C. The largest absolute Gasteiger partial charge is 0.460 e. The zero-order chi connectivity index (χ0) is 14.0. The maximum atomic E-state index is 11.7. The average molecular weight is 324 g/mol. The fourth-order valence-corrected chi connectivity index (χ4v) is 2.10. The molecule has 2 rings (SSSR count). The second kappa shape index (κ2) is 5.57. The van der Waals surface area contributed by atoms with Crippen molar-refractivity contribution in [1.29, 1.82) is 0 Å². The Morgan fingerprint density at radius 1 is 1.42 bits per heavy atom. The van der Waals surface area contributed by atoms with Crippen molar-refractivity contribution in [2.75, 3.05) is 6.61 Å². The van der Waals surface area contributed by atoms with Gasteiger partial charge >= 0.3 is 5.97 Å². The summed E-state index contributed by atoms with van der Waals surface area (Å²) in [6.45, 7) is 5.75. The highest BCUT2D eigenvalue weighted by molar-refractivity contribution is 9.10. The number of halogens is 1. The molecular formula is C14H14BrNO3. The smallest absolute Gasteiger partial charge is 0.376 e. The van der Waals surface area contributed by atoms with Crippen LogP contribution >= 0.6 is 15.9 Å². The molecule has 5 heteroatoms. The van der Waals surface area contributed by atoms with Crippen LogP contribution in [0.2, 0.25) is 0 Å². The number of aromatic nitrogens is 1. The second-order valence-corrected chi connectivity index (χ2v) is 4.92. The number of hydrogen-bond acceptors (Lipinski definition) is 4.